The number of carbonyl (C=O) groups excluding carboxylic acids is 1. The van der Waals surface area contributed by atoms with Gasteiger partial charge in [-0.05, 0) is 49.9 Å². The summed E-state index contributed by atoms with van der Waals surface area (Å²) in [7, 11) is 1.45. The van der Waals surface area contributed by atoms with E-state index in [0.29, 0.717) is 24.9 Å². The van der Waals surface area contributed by atoms with Gasteiger partial charge in [0.15, 0.2) is 5.69 Å². The molecule has 0 spiro atoms. The summed E-state index contributed by atoms with van der Waals surface area (Å²) in [6.07, 6.45) is 1.78. The van der Waals surface area contributed by atoms with Gasteiger partial charge in [0.1, 0.15) is 23.2 Å². The third-order valence-electron chi connectivity index (χ3n) is 4.76. The number of rotatable bonds is 6. The first-order chi connectivity index (χ1) is 13.5. The average molecular weight is 391 g/mol. The number of aromatic nitrogens is 1. The van der Waals surface area contributed by atoms with Crippen LogP contribution in [-0.4, -0.2) is 37.3 Å². The first-order valence-electron chi connectivity index (χ1n) is 9.13. The highest BCUT2D eigenvalue weighted by molar-refractivity contribution is 5.95. The van der Waals surface area contributed by atoms with Gasteiger partial charge in [0.05, 0.1) is 7.11 Å². The molecule has 1 fully saturated rings. The lowest BCUT2D eigenvalue weighted by Crippen LogP contribution is -2.40. The summed E-state index contributed by atoms with van der Waals surface area (Å²) in [6.45, 7) is 3.34. The van der Waals surface area contributed by atoms with Gasteiger partial charge in [0, 0.05) is 31.0 Å². The minimum absolute atomic E-state index is 0.0446. The molecule has 2 aromatic rings. The second-order valence-electron chi connectivity index (χ2n) is 6.74. The molecule has 0 bridgehead atoms. The molecule has 0 saturated carbocycles. The smallest absolute Gasteiger partial charge is 0.274 e. The zero-order valence-corrected chi connectivity index (χ0v) is 15.8. The Labute approximate surface area is 162 Å². The predicted octanol–water partition coefficient (Wildman–Crippen LogP) is 3.66. The van der Waals surface area contributed by atoms with E-state index >= 15 is 0 Å². The summed E-state index contributed by atoms with van der Waals surface area (Å²) in [5, 5.41) is 5.77. The van der Waals surface area contributed by atoms with E-state index in [1.54, 1.807) is 12.1 Å². The zero-order chi connectivity index (χ0) is 20.1. The molecule has 8 heteroatoms. The van der Waals surface area contributed by atoms with Gasteiger partial charge in [-0.15, -0.1) is 0 Å². The van der Waals surface area contributed by atoms with Crippen LogP contribution in [0.5, 0.6) is 5.75 Å². The van der Waals surface area contributed by atoms with Crippen LogP contribution in [0.15, 0.2) is 30.3 Å². The van der Waals surface area contributed by atoms with Crippen LogP contribution in [0.4, 0.5) is 20.3 Å². The molecule has 1 saturated heterocycles. The predicted molar refractivity (Wildman–Crippen MR) is 101 cm³/mol. The van der Waals surface area contributed by atoms with Crippen LogP contribution in [0.3, 0.4) is 0 Å². The van der Waals surface area contributed by atoms with E-state index in [9.17, 15) is 13.6 Å². The first-order valence-corrected chi connectivity index (χ1v) is 9.13. The molecule has 1 aliphatic rings. The fraction of sp³-hybridized carbons (Fsp3) is 0.400. The number of nitrogens with one attached hydrogen (secondary N) is 2. The normalized spacial score (nSPS) is 15.7. The first kappa shape index (κ1) is 20.0. The molecule has 2 heterocycles. The number of methoxy groups -OCH3 is 1. The Hall–Kier alpha value is -2.74. The lowest BCUT2D eigenvalue weighted by molar-refractivity contribution is 0.0537. The number of hydrogen-bond donors (Lipinski definition) is 2. The standard InChI is InChI=1S/C20H23F2N3O3/c1-12(13-5-7-28-8-6-13)23-20(26)19-17(27-2)3-4-18(25-19)24-16-10-14(21)9-15(22)11-16/h3-4,9-13H,5-8H2,1-2H3,(H,23,26)(H,24,25). The van der Waals surface area contributed by atoms with Gasteiger partial charge in [-0.3, -0.25) is 4.79 Å². The highest BCUT2D eigenvalue weighted by Gasteiger charge is 2.24. The molecule has 0 radical (unpaired) electrons. The summed E-state index contributed by atoms with van der Waals surface area (Å²) in [5.41, 5.74) is 0.292. The van der Waals surface area contributed by atoms with Gasteiger partial charge in [-0.25, -0.2) is 13.8 Å². The number of pyridine rings is 1. The Morgan fingerprint density at radius 1 is 1.21 bits per heavy atom. The van der Waals surface area contributed by atoms with Crippen molar-refractivity contribution in [2.24, 2.45) is 5.92 Å². The molecule has 28 heavy (non-hydrogen) atoms. The van der Waals surface area contributed by atoms with Crippen molar-refractivity contribution in [2.45, 2.75) is 25.8 Å². The van der Waals surface area contributed by atoms with Crippen LogP contribution >= 0.6 is 0 Å². The van der Waals surface area contributed by atoms with Crippen LogP contribution in [0, 0.1) is 17.6 Å². The molecule has 3 rings (SSSR count). The van der Waals surface area contributed by atoms with Crippen molar-refractivity contribution >= 4 is 17.4 Å². The molecular weight excluding hydrogens is 368 g/mol. The number of hydrogen-bond acceptors (Lipinski definition) is 5. The van der Waals surface area contributed by atoms with Crippen molar-refractivity contribution in [1.29, 1.82) is 0 Å². The van der Waals surface area contributed by atoms with E-state index in [-0.39, 0.29) is 29.1 Å². The number of benzene rings is 1. The van der Waals surface area contributed by atoms with E-state index < -0.39 is 11.6 Å². The van der Waals surface area contributed by atoms with E-state index in [2.05, 4.69) is 15.6 Å². The molecule has 0 aliphatic carbocycles. The summed E-state index contributed by atoms with van der Waals surface area (Å²) in [5.74, 6) is -0.869. The van der Waals surface area contributed by atoms with E-state index in [0.717, 1.165) is 31.0 Å². The maximum Gasteiger partial charge on any atom is 0.274 e. The number of halogens is 2. The maximum absolute atomic E-state index is 13.4. The number of nitrogens with zero attached hydrogens (tertiary/aromatic N) is 1. The number of amides is 1. The Morgan fingerprint density at radius 2 is 1.89 bits per heavy atom. The molecular formula is C20H23F2N3O3. The summed E-state index contributed by atoms with van der Waals surface area (Å²) in [4.78, 5) is 17.0. The SMILES string of the molecule is COc1ccc(Nc2cc(F)cc(F)c2)nc1C(=O)NC(C)C1CCOCC1. The number of ether oxygens (including phenoxy) is 2. The largest absolute Gasteiger partial charge is 0.494 e. The van der Waals surface area contributed by atoms with E-state index in [1.165, 1.54) is 7.11 Å². The maximum atomic E-state index is 13.4. The third kappa shape index (κ3) is 4.95. The molecule has 1 aromatic carbocycles. The highest BCUT2D eigenvalue weighted by Crippen LogP contribution is 2.24. The van der Waals surface area contributed by atoms with Gasteiger partial charge < -0.3 is 20.1 Å². The van der Waals surface area contributed by atoms with Gasteiger partial charge in [0.2, 0.25) is 0 Å². The Bertz CT molecular complexity index is 821. The minimum Gasteiger partial charge on any atom is -0.494 e. The fourth-order valence-electron chi connectivity index (χ4n) is 3.23. The Kier molecular flexibility index (Phi) is 6.41. The molecule has 6 nitrogen and oxygen atoms in total. The van der Waals surface area contributed by atoms with Crippen molar-refractivity contribution in [2.75, 3.05) is 25.6 Å². The van der Waals surface area contributed by atoms with Crippen LogP contribution in [0.1, 0.15) is 30.3 Å². The fourth-order valence-corrected chi connectivity index (χ4v) is 3.23. The average Bonchev–Trinajstić information content (AvgIpc) is 2.67. The van der Waals surface area contributed by atoms with Gasteiger partial charge in [-0.2, -0.15) is 0 Å². The number of carbonyl (C=O) groups is 1. The van der Waals surface area contributed by atoms with Crippen molar-refractivity contribution in [1.82, 2.24) is 10.3 Å². The van der Waals surface area contributed by atoms with Crippen LogP contribution in [0.25, 0.3) is 0 Å². The van der Waals surface area contributed by atoms with Crippen LogP contribution in [0.2, 0.25) is 0 Å². The minimum atomic E-state index is -0.709. The Balaban J connectivity index is 1.77. The zero-order valence-electron chi connectivity index (χ0n) is 15.8. The van der Waals surface area contributed by atoms with Gasteiger partial charge in [-0.1, -0.05) is 0 Å². The molecule has 1 aromatic heterocycles. The lowest BCUT2D eigenvalue weighted by Gasteiger charge is -2.28. The molecule has 2 N–H and O–H groups in total. The van der Waals surface area contributed by atoms with E-state index in [4.69, 9.17) is 9.47 Å². The highest BCUT2D eigenvalue weighted by atomic mass is 19.1. The Morgan fingerprint density at radius 3 is 2.54 bits per heavy atom. The van der Waals surface area contributed by atoms with Gasteiger partial charge in [0.25, 0.3) is 5.91 Å². The summed E-state index contributed by atoms with van der Waals surface area (Å²) >= 11 is 0. The van der Waals surface area contributed by atoms with Gasteiger partial charge >= 0.3 is 0 Å². The van der Waals surface area contributed by atoms with Crippen molar-refractivity contribution in [3.8, 4) is 5.75 Å². The molecule has 1 amide bonds. The second kappa shape index (κ2) is 8.97. The molecule has 1 unspecified atom stereocenters. The third-order valence-corrected chi connectivity index (χ3v) is 4.76. The second-order valence-corrected chi connectivity index (χ2v) is 6.74. The van der Waals surface area contributed by atoms with Crippen molar-refractivity contribution in [3.63, 3.8) is 0 Å². The molecule has 150 valence electrons. The summed E-state index contributed by atoms with van der Waals surface area (Å²) < 4.78 is 37.4. The quantitative estimate of drug-likeness (QED) is 0.786. The van der Waals surface area contributed by atoms with Crippen molar-refractivity contribution < 1.29 is 23.0 Å². The van der Waals surface area contributed by atoms with Crippen LogP contribution < -0.4 is 15.4 Å². The summed E-state index contributed by atoms with van der Waals surface area (Å²) in [6, 6.07) is 6.17. The van der Waals surface area contributed by atoms with Crippen LogP contribution in [-0.2, 0) is 4.74 Å². The molecule has 1 aliphatic heterocycles. The topological polar surface area (TPSA) is 72.5 Å². The monoisotopic (exact) mass is 391 g/mol. The number of anilines is 2. The molecule has 1 atom stereocenters. The van der Waals surface area contributed by atoms with Crippen molar-refractivity contribution in [3.05, 3.63) is 47.7 Å². The van der Waals surface area contributed by atoms with E-state index in [1.807, 2.05) is 6.92 Å². The lowest BCUT2D eigenvalue weighted by atomic mass is 9.93.